The van der Waals surface area contributed by atoms with E-state index in [0.717, 1.165) is 0 Å². The Labute approximate surface area is 82.1 Å². The number of amides is 1. The van der Waals surface area contributed by atoms with Crippen LogP contribution in [0.15, 0.2) is 0 Å². The number of thiol groups is 1. The number of hydrogen-bond acceptors (Lipinski definition) is 4. The van der Waals surface area contributed by atoms with E-state index in [4.69, 9.17) is 10.8 Å². The van der Waals surface area contributed by atoms with Crippen LogP contribution in [0.2, 0.25) is 0 Å². The highest BCUT2D eigenvalue weighted by Crippen LogP contribution is 2.01. The first kappa shape index (κ1) is 12.2. The van der Waals surface area contributed by atoms with Crippen molar-refractivity contribution in [2.24, 2.45) is 5.73 Å². The van der Waals surface area contributed by atoms with Crippen molar-refractivity contribution >= 4 is 24.5 Å². The summed E-state index contributed by atoms with van der Waals surface area (Å²) < 4.78 is 0. The fourth-order valence-electron chi connectivity index (χ4n) is 0.673. The summed E-state index contributed by atoms with van der Waals surface area (Å²) in [5.74, 6) is -1.61. The first-order valence-corrected chi connectivity index (χ1v) is 4.34. The van der Waals surface area contributed by atoms with Crippen LogP contribution >= 0.6 is 12.6 Å². The third kappa shape index (κ3) is 4.14. The largest absolute Gasteiger partial charge is 0.480 e. The lowest BCUT2D eigenvalue weighted by Crippen LogP contribution is -2.50. The molecule has 0 saturated carbocycles. The Hall–Kier alpha value is -0.750. The molecule has 0 aliphatic heterocycles. The molecule has 0 aliphatic rings. The fourth-order valence-corrected chi connectivity index (χ4v) is 0.875. The van der Waals surface area contributed by atoms with Gasteiger partial charge in [-0.2, -0.15) is 12.6 Å². The van der Waals surface area contributed by atoms with Gasteiger partial charge in [0.25, 0.3) is 0 Å². The molecule has 0 aromatic heterocycles. The summed E-state index contributed by atoms with van der Waals surface area (Å²) in [5, 5.41) is 10.5. The van der Waals surface area contributed by atoms with Crippen LogP contribution in [0, 0.1) is 0 Å². The Morgan fingerprint density at radius 3 is 2.15 bits per heavy atom. The molecule has 76 valence electrons. The number of rotatable bonds is 4. The van der Waals surface area contributed by atoms with Crippen LogP contribution in [-0.2, 0) is 9.59 Å². The molecule has 0 bridgehead atoms. The Morgan fingerprint density at radius 2 is 1.92 bits per heavy atom. The lowest BCUT2D eigenvalue weighted by Gasteiger charge is -2.18. The van der Waals surface area contributed by atoms with E-state index >= 15 is 0 Å². The van der Waals surface area contributed by atoms with Gasteiger partial charge in [0.05, 0.1) is 6.04 Å². The molecule has 0 heterocycles. The second-order valence-electron chi connectivity index (χ2n) is 2.85. The maximum absolute atomic E-state index is 11.0. The standard InChI is InChI=1S/C7H14N2O3S/c1-3(8)6(10)9-5(4(2)13)7(11)12/h3-5,13H,8H2,1-2H3,(H,9,10)(H,11,12)/t3-,4?,5+/m0/s1. The fraction of sp³-hybridized carbons (Fsp3) is 0.714. The normalized spacial score (nSPS) is 17.2. The minimum atomic E-state index is -1.11. The molecule has 13 heavy (non-hydrogen) atoms. The van der Waals surface area contributed by atoms with E-state index in [1.807, 2.05) is 0 Å². The molecule has 0 fully saturated rings. The molecule has 4 N–H and O–H groups in total. The van der Waals surface area contributed by atoms with Crippen molar-refractivity contribution in [2.75, 3.05) is 0 Å². The van der Waals surface area contributed by atoms with Crippen LogP contribution in [0.3, 0.4) is 0 Å². The highest BCUT2D eigenvalue weighted by molar-refractivity contribution is 7.81. The predicted octanol–water partition coefficient (Wildman–Crippen LogP) is -0.779. The van der Waals surface area contributed by atoms with E-state index in [2.05, 4.69) is 17.9 Å². The first-order chi connectivity index (χ1) is 5.86. The van der Waals surface area contributed by atoms with Crippen molar-refractivity contribution in [3.63, 3.8) is 0 Å². The molecule has 0 aromatic carbocycles. The third-order valence-corrected chi connectivity index (χ3v) is 1.76. The Morgan fingerprint density at radius 1 is 1.46 bits per heavy atom. The minimum absolute atomic E-state index is 0.458. The number of carbonyl (C=O) groups excluding carboxylic acids is 1. The average Bonchev–Trinajstić information content (AvgIpc) is 1.97. The predicted molar refractivity (Wildman–Crippen MR) is 51.7 cm³/mol. The van der Waals surface area contributed by atoms with E-state index in [0.29, 0.717) is 0 Å². The van der Waals surface area contributed by atoms with Gasteiger partial charge < -0.3 is 16.2 Å². The van der Waals surface area contributed by atoms with E-state index in [1.54, 1.807) is 6.92 Å². The van der Waals surface area contributed by atoms with E-state index in [-0.39, 0.29) is 0 Å². The molecule has 0 radical (unpaired) electrons. The van der Waals surface area contributed by atoms with Gasteiger partial charge in [-0.15, -0.1) is 0 Å². The van der Waals surface area contributed by atoms with Gasteiger partial charge in [0.2, 0.25) is 5.91 Å². The zero-order valence-electron chi connectivity index (χ0n) is 7.52. The number of aliphatic carboxylic acids is 1. The van der Waals surface area contributed by atoms with Gasteiger partial charge in [-0.1, -0.05) is 6.92 Å². The van der Waals surface area contributed by atoms with Crippen LogP contribution in [0.25, 0.3) is 0 Å². The molecule has 1 unspecified atom stereocenters. The highest BCUT2D eigenvalue weighted by Gasteiger charge is 2.24. The molecule has 6 heteroatoms. The SMILES string of the molecule is CC(S)[C@@H](NC(=O)[C@H](C)N)C(=O)O. The van der Waals surface area contributed by atoms with Gasteiger partial charge in [0, 0.05) is 5.25 Å². The second-order valence-corrected chi connectivity index (χ2v) is 3.67. The Kier molecular flexibility index (Phi) is 4.79. The quantitative estimate of drug-likeness (QED) is 0.454. The minimum Gasteiger partial charge on any atom is -0.480 e. The Bertz CT molecular complexity index is 206. The van der Waals surface area contributed by atoms with Gasteiger partial charge in [-0.05, 0) is 6.92 Å². The zero-order valence-corrected chi connectivity index (χ0v) is 8.41. The van der Waals surface area contributed by atoms with Crippen LogP contribution < -0.4 is 11.1 Å². The van der Waals surface area contributed by atoms with Crippen LogP contribution in [0.1, 0.15) is 13.8 Å². The number of carboxylic acid groups (broad SMARTS) is 1. The maximum Gasteiger partial charge on any atom is 0.327 e. The van der Waals surface area contributed by atoms with Crippen molar-refractivity contribution in [3.8, 4) is 0 Å². The van der Waals surface area contributed by atoms with Crippen LogP contribution in [0.5, 0.6) is 0 Å². The van der Waals surface area contributed by atoms with Crippen LogP contribution in [-0.4, -0.2) is 34.3 Å². The maximum atomic E-state index is 11.0. The summed E-state index contributed by atoms with van der Waals surface area (Å²) in [6, 6.07) is -1.71. The lowest BCUT2D eigenvalue weighted by molar-refractivity contribution is -0.141. The highest BCUT2D eigenvalue weighted by atomic mass is 32.1. The molecular weight excluding hydrogens is 192 g/mol. The van der Waals surface area contributed by atoms with Crippen molar-refractivity contribution < 1.29 is 14.7 Å². The van der Waals surface area contributed by atoms with Gasteiger partial charge >= 0.3 is 5.97 Å². The van der Waals surface area contributed by atoms with Crippen molar-refractivity contribution in [1.29, 1.82) is 0 Å². The molecule has 5 nitrogen and oxygen atoms in total. The van der Waals surface area contributed by atoms with Gasteiger partial charge in [0.15, 0.2) is 0 Å². The van der Waals surface area contributed by atoms with Gasteiger partial charge in [-0.3, -0.25) is 4.79 Å². The molecule has 0 aromatic rings. The Balaban J connectivity index is 4.27. The van der Waals surface area contributed by atoms with Crippen LogP contribution in [0.4, 0.5) is 0 Å². The van der Waals surface area contributed by atoms with E-state index < -0.39 is 29.2 Å². The van der Waals surface area contributed by atoms with Crippen molar-refractivity contribution in [1.82, 2.24) is 5.32 Å². The lowest BCUT2D eigenvalue weighted by atomic mass is 10.2. The molecular formula is C7H14N2O3S. The summed E-state index contributed by atoms with van der Waals surface area (Å²) >= 11 is 3.94. The summed E-state index contributed by atoms with van der Waals surface area (Å²) in [4.78, 5) is 21.6. The molecule has 0 spiro atoms. The number of hydrogen-bond donors (Lipinski definition) is 4. The number of nitrogens with one attached hydrogen (secondary N) is 1. The average molecular weight is 206 g/mol. The third-order valence-electron chi connectivity index (χ3n) is 1.46. The monoisotopic (exact) mass is 206 g/mol. The van der Waals surface area contributed by atoms with Crippen molar-refractivity contribution in [3.05, 3.63) is 0 Å². The molecule has 0 rings (SSSR count). The van der Waals surface area contributed by atoms with Gasteiger partial charge in [-0.25, -0.2) is 4.79 Å². The zero-order chi connectivity index (χ0) is 10.6. The molecule has 0 saturated heterocycles. The number of nitrogens with two attached hydrogens (primary N) is 1. The topological polar surface area (TPSA) is 92.4 Å². The second kappa shape index (κ2) is 5.08. The van der Waals surface area contributed by atoms with E-state index in [9.17, 15) is 9.59 Å². The van der Waals surface area contributed by atoms with Gasteiger partial charge in [0.1, 0.15) is 6.04 Å². The summed E-state index contributed by atoms with van der Waals surface area (Å²) in [5.41, 5.74) is 5.25. The number of carboxylic acids is 1. The molecule has 0 aliphatic carbocycles. The molecule has 3 atom stereocenters. The smallest absolute Gasteiger partial charge is 0.327 e. The first-order valence-electron chi connectivity index (χ1n) is 3.83. The van der Waals surface area contributed by atoms with Crippen molar-refractivity contribution in [2.45, 2.75) is 31.2 Å². The van der Waals surface area contributed by atoms with E-state index in [1.165, 1.54) is 6.92 Å². The summed E-state index contributed by atoms with van der Waals surface area (Å²) in [7, 11) is 0. The molecule has 1 amide bonds. The summed E-state index contributed by atoms with van der Waals surface area (Å²) in [6.07, 6.45) is 0. The number of carbonyl (C=O) groups is 2. The summed E-state index contributed by atoms with van der Waals surface area (Å²) in [6.45, 7) is 3.07.